The van der Waals surface area contributed by atoms with E-state index in [4.69, 9.17) is 9.47 Å². The molecular formula is C23H38O4. The Morgan fingerprint density at radius 2 is 1.59 bits per heavy atom. The van der Waals surface area contributed by atoms with E-state index in [-0.39, 0.29) is 23.0 Å². The molecule has 0 amide bonds. The summed E-state index contributed by atoms with van der Waals surface area (Å²) >= 11 is 0. The van der Waals surface area contributed by atoms with Crippen molar-refractivity contribution in [2.75, 3.05) is 13.2 Å². The number of aliphatic hydroxyl groups is 2. The van der Waals surface area contributed by atoms with Gasteiger partial charge in [0.25, 0.3) is 0 Å². The summed E-state index contributed by atoms with van der Waals surface area (Å²) in [5, 5.41) is 21.7. The molecule has 4 aliphatic carbocycles. The maximum absolute atomic E-state index is 11.5. The molecule has 0 aromatic carbocycles. The fourth-order valence-electron chi connectivity index (χ4n) is 8.95. The van der Waals surface area contributed by atoms with E-state index < -0.39 is 5.79 Å². The van der Waals surface area contributed by atoms with Gasteiger partial charge in [-0.05, 0) is 92.8 Å². The second-order valence-corrected chi connectivity index (χ2v) is 11.1. The zero-order valence-electron chi connectivity index (χ0n) is 17.3. The van der Waals surface area contributed by atoms with Crippen molar-refractivity contribution in [2.45, 2.75) is 90.1 Å². The number of hydrogen-bond donors (Lipinski definition) is 2. The number of rotatable bonds is 1. The highest BCUT2D eigenvalue weighted by Gasteiger charge is 2.66. The second-order valence-electron chi connectivity index (χ2n) is 11.1. The average molecular weight is 379 g/mol. The molecule has 9 atom stereocenters. The molecule has 1 saturated heterocycles. The smallest absolute Gasteiger partial charge is 0.169 e. The molecule has 0 aromatic heterocycles. The van der Waals surface area contributed by atoms with Gasteiger partial charge in [-0.1, -0.05) is 13.8 Å². The molecule has 4 heteroatoms. The summed E-state index contributed by atoms with van der Waals surface area (Å²) in [7, 11) is 0. The van der Waals surface area contributed by atoms with Crippen LogP contribution in [0.1, 0.15) is 72.1 Å². The Bertz CT molecular complexity index is 587. The molecule has 0 radical (unpaired) electrons. The molecule has 1 aliphatic heterocycles. The summed E-state index contributed by atoms with van der Waals surface area (Å²) in [6.45, 7) is 8.39. The normalized spacial score (nSPS) is 57.0. The van der Waals surface area contributed by atoms with Crippen molar-refractivity contribution in [3.8, 4) is 0 Å². The van der Waals surface area contributed by atoms with E-state index in [0.29, 0.717) is 42.8 Å². The van der Waals surface area contributed by atoms with Crippen LogP contribution in [0.15, 0.2) is 0 Å². The zero-order chi connectivity index (χ0) is 19.0. The highest BCUT2D eigenvalue weighted by atomic mass is 16.7. The van der Waals surface area contributed by atoms with Gasteiger partial charge in [-0.15, -0.1) is 0 Å². The Kier molecular flexibility index (Phi) is 4.30. The van der Waals surface area contributed by atoms with Crippen molar-refractivity contribution in [3.63, 3.8) is 0 Å². The lowest BCUT2D eigenvalue weighted by Crippen LogP contribution is -2.60. The first kappa shape index (κ1) is 18.8. The lowest BCUT2D eigenvalue weighted by molar-refractivity contribution is -0.232. The van der Waals surface area contributed by atoms with Crippen LogP contribution in [0.25, 0.3) is 0 Å². The Balaban J connectivity index is 1.46. The fourth-order valence-corrected chi connectivity index (χ4v) is 8.95. The third kappa shape index (κ3) is 2.55. The Morgan fingerprint density at radius 3 is 2.33 bits per heavy atom. The van der Waals surface area contributed by atoms with E-state index in [1.54, 1.807) is 0 Å². The SMILES string of the molecule is CC1([C@@H]2CC[C@@H]3[C@@H]4CC[C@@H]5C[C@H](O)CC[C@]5(C)[C@@H]4[C@@H](O)C[C@]32C)OCCO1. The molecule has 5 rings (SSSR count). The van der Waals surface area contributed by atoms with Crippen molar-refractivity contribution in [2.24, 2.45) is 40.4 Å². The molecule has 5 fully saturated rings. The maximum Gasteiger partial charge on any atom is 0.169 e. The topological polar surface area (TPSA) is 58.9 Å². The largest absolute Gasteiger partial charge is 0.393 e. The number of fused-ring (bicyclic) bond motifs is 5. The molecule has 0 unspecified atom stereocenters. The average Bonchev–Trinajstić information content (AvgIpc) is 3.19. The van der Waals surface area contributed by atoms with Gasteiger partial charge < -0.3 is 19.7 Å². The molecule has 4 nitrogen and oxygen atoms in total. The Hall–Kier alpha value is -0.160. The highest BCUT2D eigenvalue weighted by molar-refractivity contribution is 5.13. The standard InChI is InChI=1S/C23H38O4/c1-21-9-8-15(24)12-14(21)4-5-16-17-6-7-19(23(3)26-10-11-27-23)22(17,2)13-18(25)20(16)21/h14-20,24-25H,4-13H2,1-3H3/t14-,15-,16+,17-,18+,19-,20+,21+,22-/m1/s1. The van der Waals surface area contributed by atoms with Gasteiger partial charge in [-0.2, -0.15) is 0 Å². The van der Waals surface area contributed by atoms with Crippen LogP contribution in [0.2, 0.25) is 0 Å². The molecule has 0 bridgehead atoms. The highest BCUT2D eigenvalue weighted by Crippen LogP contribution is 2.69. The van der Waals surface area contributed by atoms with Gasteiger partial charge in [0.05, 0.1) is 25.4 Å². The number of hydrogen-bond acceptors (Lipinski definition) is 4. The van der Waals surface area contributed by atoms with E-state index in [0.717, 1.165) is 32.1 Å². The maximum atomic E-state index is 11.5. The minimum absolute atomic E-state index is 0.108. The van der Waals surface area contributed by atoms with Gasteiger partial charge in [0.1, 0.15) is 0 Å². The molecule has 5 aliphatic rings. The van der Waals surface area contributed by atoms with Crippen LogP contribution in [-0.4, -0.2) is 41.4 Å². The van der Waals surface area contributed by atoms with Crippen LogP contribution in [0, 0.1) is 40.4 Å². The summed E-state index contributed by atoms with van der Waals surface area (Å²) in [6.07, 6.45) is 8.31. The van der Waals surface area contributed by atoms with E-state index in [1.165, 1.54) is 19.3 Å². The zero-order valence-corrected chi connectivity index (χ0v) is 17.3. The van der Waals surface area contributed by atoms with Crippen LogP contribution >= 0.6 is 0 Å². The first-order chi connectivity index (χ1) is 12.8. The van der Waals surface area contributed by atoms with Crippen LogP contribution < -0.4 is 0 Å². The van der Waals surface area contributed by atoms with Gasteiger partial charge >= 0.3 is 0 Å². The van der Waals surface area contributed by atoms with Crippen LogP contribution in [0.3, 0.4) is 0 Å². The molecule has 27 heavy (non-hydrogen) atoms. The number of aliphatic hydroxyl groups excluding tert-OH is 2. The molecule has 154 valence electrons. The predicted octanol–water partition coefficient (Wildman–Crippen LogP) is 3.74. The lowest BCUT2D eigenvalue weighted by Gasteiger charge is -2.62. The van der Waals surface area contributed by atoms with E-state index in [9.17, 15) is 10.2 Å². The van der Waals surface area contributed by atoms with Crippen LogP contribution in [0.5, 0.6) is 0 Å². The summed E-state index contributed by atoms with van der Waals surface area (Å²) < 4.78 is 12.2. The first-order valence-electron chi connectivity index (χ1n) is 11.4. The van der Waals surface area contributed by atoms with Gasteiger partial charge in [-0.3, -0.25) is 0 Å². The molecule has 1 heterocycles. The van der Waals surface area contributed by atoms with Gasteiger partial charge in [0, 0.05) is 5.92 Å². The minimum Gasteiger partial charge on any atom is -0.393 e. The third-order valence-electron chi connectivity index (χ3n) is 10.1. The Labute approximate surface area is 164 Å². The molecule has 2 N–H and O–H groups in total. The molecule has 0 spiro atoms. The third-order valence-corrected chi connectivity index (χ3v) is 10.1. The van der Waals surface area contributed by atoms with Crippen molar-refractivity contribution in [1.82, 2.24) is 0 Å². The van der Waals surface area contributed by atoms with E-state index >= 15 is 0 Å². The summed E-state index contributed by atoms with van der Waals surface area (Å²) in [5.74, 6) is 2.19. The minimum atomic E-state index is -0.466. The van der Waals surface area contributed by atoms with Crippen molar-refractivity contribution in [1.29, 1.82) is 0 Å². The lowest BCUT2D eigenvalue weighted by atomic mass is 9.43. The summed E-state index contributed by atoms with van der Waals surface area (Å²) in [6, 6.07) is 0. The monoisotopic (exact) mass is 378 g/mol. The predicted molar refractivity (Wildman–Crippen MR) is 103 cm³/mol. The van der Waals surface area contributed by atoms with Crippen LogP contribution in [-0.2, 0) is 9.47 Å². The van der Waals surface area contributed by atoms with E-state index in [1.807, 2.05) is 0 Å². The number of ether oxygens (including phenoxy) is 2. The van der Waals surface area contributed by atoms with Crippen molar-refractivity contribution >= 4 is 0 Å². The summed E-state index contributed by atoms with van der Waals surface area (Å²) in [4.78, 5) is 0. The summed E-state index contributed by atoms with van der Waals surface area (Å²) in [5.41, 5.74) is 0.308. The molecule has 4 saturated carbocycles. The molecule has 0 aromatic rings. The van der Waals surface area contributed by atoms with Crippen molar-refractivity contribution in [3.05, 3.63) is 0 Å². The van der Waals surface area contributed by atoms with Gasteiger partial charge in [-0.25, -0.2) is 0 Å². The van der Waals surface area contributed by atoms with Crippen LogP contribution in [0.4, 0.5) is 0 Å². The van der Waals surface area contributed by atoms with Crippen molar-refractivity contribution < 1.29 is 19.7 Å². The second kappa shape index (κ2) is 6.17. The van der Waals surface area contributed by atoms with E-state index in [2.05, 4.69) is 20.8 Å². The Morgan fingerprint density at radius 1 is 0.852 bits per heavy atom. The fraction of sp³-hybridized carbons (Fsp3) is 1.00. The van der Waals surface area contributed by atoms with Gasteiger partial charge in [0.2, 0.25) is 0 Å². The van der Waals surface area contributed by atoms with Gasteiger partial charge in [0.15, 0.2) is 5.79 Å². The quantitative estimate of drug-likeness (QED) is 0.730. The molecular weight excluding hydrogens is 340 g/mol. The first-order valence-corrected chi connectivity index (χ1v) is 11.4.